The summed E-state index contributed by atoms with van der Waals surface area (Å²) >= 11 is 0. The molecule has 1 amide bonds. The van der Waals surface area contributed by atoms with Gasteiger partial charge in [-0.2, -0.15) is 0 Å². The van der Waals surface area contributed by atoms with Crippen LogP contribution in [0, 0.1) is 17.7 Å². The summed E-state index contributed by atoms with van der Waals surface area (Å²) in [5.41, 5.74) is 2.45. The van der Waals surface area contributed by atoms with Crippen molar-refractivity contribution in [1.82, 2.24) is 15.0 Å². The quantitative estimate of drug-likeness (QED) is 0.571. The summed E-state index contributed by atoms with van der Waals surface area (Å²) in [4.78, 5) is 20.1. The zero-order valence-corrected chi connectivity index (χ0v) is 20.2. The van der Waals surface area contributed by atoms with Crippen LogP contribution in [0.1, 0.15) is 51.5 Å². The van der Waals surface area contributed by atoms with Gasteiger partial charge in [0.15, 0.2) is 0 Å². The number of hydrogen-bond acceptors (Lipinski definition) is 5. The highest BCUT2D eigenvalue weighted by atomic mass is 19.1. The van der Waals surface area contributed by atoms with E-state index in [1.54, 1.807) is 12.1 Å². The molecule has 2 aliphatic rings. The van der Waals surface area contributed by atoms with E-state index in [1.807, 2.05) is 4.90 Å². The summed E-state index contributed by atoms with van der Waals surface area (Å²) in [5, 5.41) is 4.42. The fraction of sp³-hybridized carbons (Fsp3) is 0.615. The maximum Gasteiger partial charge on any atom is 0.232 e. The van der Waals surface area contributed by atoms with Crippen LogP contribution in [0.4, 0.5) is 10.3 Å². The molecule has 0 N–H and O–H groups in total. The van der Waals surface area contributed by atoms with Crippen molar-refractivity contribution in [3.8, 4) is 11.3 Å². The predicted molar refractivity (Wildman–Crippen MR) is 128 cm³/mol. The van der Waals surface area contributed by atoms with Crippen molar-refractivity contribution < 1.29 is 13.7 Å². The molecular formula is C26H37FN4O2. The standard InChI is InChI=1S/C26H37FN4O2/c1-19(2)12-13-31(25(32)21-6-4-5-7-21)18-23-24(20-8-10-22(27)11-9-20)28-33-26(23)30-16-14-29(3)15-17-30/h8-11,19,21H,4-7,12-18H2,1-3H3. The molecule has 2 aromatic rings. The van der Waals surface area contributed by atoms with Crippen LogP contribution in [0.15, 0.2) is 28.8 Å². The molecule has 1 aliphatic heterocycles. The first kappa shape index (κ1) is 23.7. The van der Waals surface area contributed by atoms with Crippen molar-refractivity contribution in [3.63, 3.8) is 0 Å². The summed E-state index contributed by atoms with van der Waals surface area (Å²) in [5.74, 6) is 1.36. The maximum absolute atomic E-state index is 13.6. The summed E-state index contributed by atoms with van der Waals surface area (Å²) in [6, 6.07) is 6.37. The normalized spacial score (nSPS) is 17.8. The first-order valence-corrected chi connectivity index (χ1v) is 12.4. The van der Waals surface area contributed by atoms with Gasteiger partial charge in [0.25, 0.3) is 0 Å². The van der Waals surface area contributed by atoms with Crippen molar-refractivity contribution in [3.05, 3.63) is 35.6 Å². The third kappa shape index (κ3) is 5.75. The number of anilines is 1. The number of hydrogen-bond donors (Lipinski definition) is 0. The number of nitrogens with zero attached hydrogens (tertiary/aromatic N) is 4. The fourth-order valence-electron chi connectivity index (χ4n) is 4.84. The third-order valence-corrected chi connectivity index (χ3v) is 7.02. The van der Waals surface area contributed by atoms with Crippen molar-refractivity contribution >= 4 is 11.8 Å². The van der Waals surface area contributed by atoms with Crippen molar-refractivity contribution in [1.29, 1.82) is 0 Å². The Morgan fingerprint density at radius 1 is 1.15 bits per heavy atom. The largest absolute Gasteiger partial charge is 0.338 e. The highest BCUT2D eigenvalue weighted by molar-refractivity contribution is 5.80. The summed E-state index contributed by atoms with van der Waals surface area (Å²) < 4.78 is 19.5. The molecule has 4 rings (SSSR count). The Balaban J connectivity index is 1.67. The smallest absolute Gasteiger partial charge is 0.232 e. The second kappa shape index (κ2) is 10.7. The van der Waals surface area contributed by atoms with Crippen molar-refractivity contribution in [2.75, 3.05) is 44.7 Å². The van der Waals surface area contributed by atoms with Crippen LogP contribution in [0.25, 0.3) is 11.3 Å². The molecule has 6 nitrogen and oxygen atoms in total. The van der Waals surface area contributed by atoms with Gasteiger partial charge in [-0.3, -0.25) is 4.79 Å². The molecule has 2 heterocycles. The zero-order chi connectivity index (χ0) is 23.4. The van der Waals surface area contributed by atoms with Gasteiger partial charge in [0.1, 0.15) is 11.5 Å². The van der Waals surface area contributed by atoms with Crippen LogP contribution >= 0.6 is 0 Å². The van der Waals surface area contributed by atoms with Gasteiger partial charge in [-0.15, -0.1) is 0 Å². The Hall–Kier alpha value is -2.41. The van der Waals surface area contributed by atoms with Gasteiger partial charge >= 0.3 is 0 Å². The highest BCUT2D eigenvalue weighted by Gasteiger charge is 2.31. The molecule has 1 aliphatic carbocycles. The Bertz CT molecular complexity index is 913. The zero-order valence-electron chi connectivity index (χ0n) is 20.2. The van der Waals surface area contributed by atoms with E-state index in [2.05, 4.69) is 35.9 Å². The van der Waals surface area contributed by atoms with E-state index in [9.17, 15) is 9.18 Å². The first-order chi connectivity index (χ1) is 15.9. The van der Waals surface area contributed by atoms with E-state index in [0.29, 0.717) is 18.2 Å². The van der Waals surface area contributed by atoms with E-state index in [-0.39, 0.29) is 17.6 Å². The number of benzene rings is 1. The minimum Gasteiger partial charge on any atom is -0.338 e. The topological polar surface area (TPSA) is 52.8 Å². The lowest BCUT2D eigenvalue weighted by Crippen LogP contribution is -2.45. The molecule has 0 atom stereocenters. The van der Waals surface area contributed by atoms with Crippen LogP contribution in [0.2, 0.25) is 0 Å². The van der Waals surface area contributed by atoms with Crippen LogP contribution in [0.5, 0.6) is 0 Å². The van der Waals surface area contributed by atoms with Gasteiger partial charge in [-0.1, -0.05) is 31.8 Å². The van der Waals surface area contributed by atoms with E-state index >= 15 is 0 Å². The van der Waals surface area contributed by atoms with Crippen LogP contribution < -0.4 is 4.90 Å². The molecule has 7 heteroatoms. The van der Waals surface area contributed by atoms with Gasteiger partial charge in [0, 0.05) is 44.2 Å². The van der Waals surface area contributed by atoms with E-state index in [4.69, 9.17) is 4.52 Å². The Morgan fingerprint density at radius 2 is 1.82 bits per heavy atom. The maximum atomic E-state index is 13.6. The van der Waals surface area contributed by atoms with Crippen molar-refractivity contribution in [2.45, 2.75) is 52.5 Å². The van der Waals surface area contributed by atoms with Crippen LogP contribution in [-0.2, 0) is 11.3 Å². The van der Waals surface area contributed by atoms with Gasteiger partial charge in [0.05, 0.1) is 12.1 Å². The summed E-state index contributed by atoms with van der Waals surface area (Å²) in [6.07, 6.45) is 5.19. The molecule has 2 fully saturated rings. The molecule has 1 saturated carbocycles. The van der Waals surface area contributed by atoms with Gasteiger partial charge < -0.3 is 19.2 Å². The summed E-state index contributed by atoms with van der Waals surface area (Å²) in [7, 11) is 2.12. The number of halogens is 1. The average Bonchev–Trinajstić information content (AvgIpc) is 3.48. The number of likely N-dealkylation sites (N-methyl/N-ethyl adjacent to an activating group) is 1. The molecule has 0 spiro atoms. The first-order valence-electron chi connectivity index (χ1n) is 12.4. The van der Waals surface area contributed by atoms with E-state index < -0.39 is 0 Å². The Morgan fingerprint density at radius 3 is 2.45 bits per heavy atom. The third-order valence-electron chi connectivity index (χ3n) is 7.02. The molecular weight excluding hydrogens is 419 g/mol. The number of amides is 1. The molecule has 1 aromatic carbocycles. The van der Waals surface area contributed by atoms with Crippen molar-refractivity contribution in [2.24, 2.45) is 11.8 Å². The molecule has 33 heavy (non-hydrogen) atoms. The van der Waals surface area contributed by atoms with Crippen LogP contribution in [0.3, 0.4) is 0 Å². The van der Waals surface area contributed by atoms with Crippen LogP contribution in [-0.4, -0.2) is 60.6 Å². The monoisotopic (exact) mass is 456 g/mol. The van der Waals surface area contributed by atoms with Gasteiger partial charge in [-0.05, 0) is 56.5 Å². The molecule has 1 saturated heterocycles. The minimum absolute atomic E-state index is 0.123. The molecule has 0 radical (unpaired) electrons. The molecule has 0 unspecified atom stereocenters. The van der Waals surface area contributed by atoms with E-state index in [1.165, 1.54) is 12.1 Å². The predicted octanol–water partition coefficient (Wildman–Crippen LogP) is 4.80. The summed E-state index contributed by atoms with van der Waals surface area (Å²) in [6.45, 7) is 9.18. The van der Waals surface area contributed by atoms with Gasteiger partial charge in [0.2, 0.25) is 11.8 Å². The van der Waals surface area contributed by atoms with Gasteiger partial charge in [-0.25, -0.2) is 4.39 Å². The fourth-order valence-corrected chi connectivity index (χ4v) is 4.84. The minimum atomic E-state index is -0.280. The number of carbonyl (C=O) groups excluding carboxylic acids is 1. The lowest BCUT2D eigenvalue weighted by atomic mass is 10.0. The second-order valence-corrected chi connectivity index (χ2v) is 10.0. The second-order valence-electron chi connectivity index (χ2n) is 10.0. The number of rotatable bonds is 8. The highest BCUT2D eigenvalue weighted by Crippen LogP contribution is 2.35. The number of aromatic nitrogens is 1. The van der Waals surface area contributed by atoms with E-state index in [0.717, 1.165) is 81.8 Å². The number of piperazine rings is 1. The lowest BCUT2D eigenvalue weighted by Gasteiger charge is -2.33. The Labute approximate surface area is 196 Å². The molecule has 180 valence electrons. The molecule has 0 bridgehead atoms. The SMILES string of the molecule is CC(C)CCN(Cc1c(-c2ccc(F)cc2)noc1N1CCN(C)CC1)C(=O)C1CCCC1. The molecule has 1 aromatic heterocycles. The average molecular weight is 457 g/mol. The Kier molecular flexibility index (Phi) is 7.68. The number of carbonyl (C=O) groups is 1. The lowest BCUT2D eigenvalue weighted by molar-refractivity contribution is -0.136.